The highest BCUT2D eigenvalue weighted by Crippen LogP contribution is 2.20. The van der Waals surface area contributed by atoms with E-state index < -0.39 is 43.7 Å². The summed E-state index contributed by atoms with van der Waals surface area (Å²) in [6.45, 7) is -6.66. The molecule has 2 heterocycles. The van der Waals surface area contributed by atoms with Gasteiger partial charge < -0.3 is 9.64 Å². The summed E-state index contributed by atoms with van der Waals surface area (Å²) in [5.41, 5.74) is -0.0759. The van der Waals surface area contributed by atoms with Gasteiger partial charge in [0.15, 0.2) is 0 Å². The van der Waals surface area contributed by atoms with Crippen LogP contribution in [0.3, 0.4) is 0 Å². The van der Waals surface area contributed by atoms with Gasteiger partial charge in [-0.2, -0.15) is 0 Å². The first-order valence-electron chi connectivity index (χ1n) is 12.5. The molecule has 2 fully saturated rings. The summed E-state index contributed by atoms with van der Waals surface area (Å²) in [7, 11) is 0. The van der Waals surface area contributed by atoms with Crippen LogP contribution in [0.5, 0.6) is 0 Å². The smallest absolute Gasteiger partial charge is 0.410 e. The number of piperazine rings is 1. The van der Waals surface area contributed by atoms with E-state index in [0.29, 0.717) is 24.4 Å². The monoisotopic (exact) mass is 353 g/mol. The van der Waals surface area contributed by atoms with Gasteiger partial charge >= 0.3 is 6.09 Å². The molecule has 0 N–H and O–H groups in total. The third-order valence-electron chi connectivity index (χ3n) is 4.00. The molecule has 1 unspecified atom stereocenters. The first-order chi connectivity index (χ1) is 14.9. The van der Waals surface area contributed by atoms with Gasteiger partial charge in [-0.1, -0.05) is 30.3 Å². The van der Waals surface area contributed by atoms with Gasteiger partial charge in [0.25, 0.3) is 0 Å². The number of ether oxygens (including phenoxy) is 1. The van der Waals surface area contributed by atoms with Crippen LogP contribution in [0, 0.1) is 0 Å². The zero-order valence-corrected chi connectivity index (χ0v) is 15.0. The molecule has 0 bridgehead atoms. The summed E-state index contributed by atoms with van der Waals surface area (Å²) >= 11 is 0. The number of carbonyl (C=O) groups is 1. The molecule has 25 heavy (non-hydrogen) atoms. The molecule has 1 aromatic rings. The number of hydrogen-bond donors (Lipinski definition) is 0. The zero-order chi connectivity index (χ0) is 25.0. The van der Waals surface area contributed by atoms with Gasteiger partial charge in [0.05, 0.1) is 5.48 Å². The minimum absolute atomic E-state index is 0.0571. The van der Waals surface area contributed by atoms with Crippen molar-refractivity contribution < 1.29 is 20.5 Å². The number of carbonyl (C=O) groups excluding carboxylic acids is 1. The second-order valence-corrected chi connectivity index (χ2v) is 7.30. The minimum Gasteiger partial charge on any atom is -0.444 e. The lowest BCUT2D eigenvalue weighted by Gasteiger charge is -2.38. The number of likely N-dealkylation sites (tertiary alicyclic amines) is 1. The first-order valence-corrected chi connectivity index (χ1v) is 8.52. The highest BCUT2D eigenvalue weighted by atomic mass is 16.6. The average Bonchev–Trinajstić information content (AvgIpc) is 3.06. The molecule has 0 spiro atoms. The predicted octanol–water partition coefficient (Wildman–Crippen LogP) is 2.81. The molecule has 2 saturated heterocycles. The van der Waals surface area contributed by atoms with Crippen LogP contribution in [0.15, 0.2) is 30.3 Å². The maximum atomic E-state index is 12.8. The summed E-state index contributed by atoms with van der Waals surface area (Å²) in [6, 6.07) is 8.79. The Morgan fingerprint density at radius 1 is 1.20 bits per heavy atom. The highest BCUT2D eigenvalue weighted by Gasteiger charge is 2.32. The fourth-order valence-corrected chi connectivity index (χ4v) is 2.85. The van der Waals surface area contributed by atoms with Gasteiger partial charge in [0, 0.05) is 57.1 Å². The molecule has 0 radical (unpaired) electrons. The molecular formula is C20H31N3O2. The molecule has 1 atom stereocenters. The van der Waals surface area contributed by atoms with Crippen LogP contribution < -0.4 is 0 Å². The Morgan fingerprint density at radius 2 is 1.88 bits per heavy atom. The van der Waals surface area contributed by atoms with Gasteiger partial charge in [-0.05, 0) is 32.8 Å². The van der Waals surface area contributed by atoms with Crippen molar-refractivity contribution >= 4 is 6.09 Å². The first kappa shape index (κ1) is 10.5. The summed E-state index contributed by atoms with van der Waals surface area (Å²) < 4.78 is 73.1. The van der Waals surface area contributed by atoms with Crippen molar-refractivity contribution in [2.24, 2.45) is 0 Å². The van der Waals surface area contributed by atoms with Gasteiger partial charge in [-0.3, -0.25) is 9.80 Å². The number of nitrogens with zero attached hydrogens (tertiary/aromatic N) is 3. The maximum Gasteiger partial charge on any atom is 0.410 e. The lowest BCUT2D eigenvalue weighted by atomic mass is 10.2. The van der Waals surface area contributed by atoms with Crippen LogP contribution in [0.1, 0.15) is 43.7 Å². The fourth-order valence-electron chi connectivity index (χ4n) is 2.85. The molecule has 1 amide bonds. The molecule has 0 aliphatic carbocycles. The molecule has 0 aromatic heterocycles. The van der Waals surface area contributed by atoms with E-state index in [9.17, 15) is 4.79 Å². The van der Waals surface area contributed by atoms with Crippen molar-refractivity contribution in [2.45, 2.75) is 45.4 Å². The molecule has 0 saturated carbocycles. The van der Waals surface area contributed by atoms with E-state index in [1.165, 1.54) is 20.8 Å². The summed E-state index contributed by atoms with van der Waals surface area (Å²) in [5.74, 6) is 0. The van der Waals surface area contributed by atoms with E-state index in [2.05, 4.69) is 0 Å². The Morgan fingerprint density at radius 3 is 2.52 bits per heavy atom. The Labute approximate surface area is 162 Å². The van der Waals surface area contributed by atoms with Gasteiger partial charge in [0.2, 0.25) is 0 Å². The lowest BCUT2D eigenvalue weighted by Crippen LogP contribution is -2.53. The van der Waals surface area contributed by atoms with E-state index >= 15 is 0 Å². The second-order valence-electron chi connectivity index (χ2n) is 7.30. The summed E-state index contributed by atoms with van der Waals surface area (Å²) in [6.07, 6.45) is -1.13. The fraction of sp³-hybridized carbons (Fsp3) is 0.650. The third kappa shape index (κ3) is 5.19. The standard InChI is InChI=1S/C20H31N3O2/c1-20(2,3)25-19(24)23-13-11-22(12-14-23)18-9-10-21(16-18)15-17-7-5-4-6-8-17/h4-8,18H,9-16H2,1-3H3/i11D2,12D2,13D2,14D2. The Kier molecular flexibility index (Phi) is 3.26. The number of rotatable bonds is 3. The number of hydrogen-bond acceptors (Lipinski definition) is 4. The third-order valence-corrected chi connectivity index (χ3v) is 4.00. The molecule has 2 aliphatic heterocycles. The van der Waals surface area contributed by atoms with E-state index in [1.807, 2.05) is 35.2 Å². The van der Waals surface area contributed by atoms with Crippen LogP contribution >= 0.6 is 0 Å². The van der Waals surface area contributed by atoms with Crippen molar-refractivity contribution in [3.05, 3.63) is 35.9 Å². The largest absolute Gasteiger partial charge is 0.444 e. The molecule has 3 rings (SSSR count). The minimum atomic E-state index is -3.21. The van der Waals surface area contributed by atoms with Crippen molar-refractivity contribution in [1.82, 2.24) is 14.7 Å². The van der Waals surface area contributed by atoms with E-state index in [4.69, 9.17) is 15.7 Å². The van der Waals surface area contributed by atoms with Crippen molar-refractivity contribution in [3.8, 4) is 0 Å². The molecular weight excluding hydrogens is 314 g/mol. The van der Waals surface area contributed by atoms with E-state index in [0.717, 1.165) is 5.56 Å². The molecule has 5 nitrogen and oxygen atoms in total. The average molecular weight is 354 g/mol. The van der Waals surface area contributed by atoms with Crippen LogP contribution in [-0.4, -0.2) is 71.5 Å². The lowest BCUT2D eigenvalue weighted by molar-refractivity contribution is 0.0107. The molecule has 2 aliphatic rings. The van der Waals surface area contributed by atoms with Gasteiger partial charge in [-0.15, -0.1) is 0 Å². The van der Waals surface area contributed by atoms with Crippen molar-refractivity contribution in [2.75, 3.05) is 39.1 Å². The van der Waals surface area contributed by atoms with Crippen LogP contribution in [0.4, 0.5) is 4.79 Å². The van der Waals surface area contributed by atoms with Gasteiger partial charge in [0.1, 0.15) is 5.60 Å². The van der Waals surface area contributed by atoms with Crippen LogP contribution in [-0.2, 0) is 11.3 Å². The SMILES string of the molecule is [2H]C1([2H])N(C(=O)OC(C)(C)C)C([2H])([2H])C([2H])([2H])N(C2CCN(Cc3ccccc3)C2)C1([2H])[2H]. The van der Waals surface area contributed by atoms with Crippen molar-refractivity contribution in [3.63, 3.8) is 0 Å². The normalized spacial score (nSPS) is 35.8. The van der Waals surface area contributed by atoms with E-state index in [1.54, 1.807) is 0 Å². The molecule has 5 heteroatoms. The molecule has 1 aromatic carbocycles. The Balaban J connectivity index is 1.94. The number of benzene rings is 1. The van der Waals surface area contributed by atoms with Crippen LogP contribution in [0.25, 0.3) is 0 Å². The zero-order valence-electron chi connectivity index (χ0n) is 23.0. The molecule has 138 valence electrons. The Bertz CT molecular complexity index is 848. The summed E-state index contributed by atoms with van der Waals surface area (Å²) in [4.78, 5) is 15.4. The Hall–Kier alpha value is -1.59. The van der Waals surface area contributed by atoms with E-state index in [-0.39, 0.29) is 11.4 Å². The van der Waals surface area contributed by atoms with Crippen LogP contribution in [0.2, 0.25) is 0 Å². The maximum absolute atomic E-state index is 12.8. The van der Waals surface area contributed by atoms with Crippen molar-refractivity contribution in [1.29, 1.82) is 0 Å². The highest BCUT2D eigenvalue weighted by molar-refractivity contribution is 5.68. The number of amides is 1. The predicted molar refractivity (Wildman–Crippen MR) is 99.5 cm³/mol. The second kappa shape index (κ2) is 7.75. The topological polar surface area (TPSA) is 36.0 Å². The quantitative estimate of drug-likeness (QED) is 0.837. The summed E-state index contributed by atoms with van der Waals surface area (Å²) in [5, 5.41) is 0. The van der Waals surface area contributed by atoms with Gasteiger partial charge in [-0.25, -0.2) is 4.79 Å².